The number of nitrogens with zero attached hydrogens (tertiary/aromatic N) is 1. The Morgan fingerprint density at radius 3 is 2.24 bits per heavy atom. The summed E-state index contributed by atoms with van der Waals surface area (Å²) in [4.78, 5) is 52.1. The molecule has 0 spiro atoms. The summed E-state index contributed by atoms with van der Waals surface area (Å²) in [5, 5.41) is 1.95. The molecule has 1 saturated heterocycles. The van der Waals surface area contributed by atoms with Crippen LogP contribution < -0.4 is 10.2 Å². The average Bonchev–Trinajstić information content (AvgIpc) is 3.44. The Balaban J connectivity index is 1.26. The fraction of sp³-hybridized carbons (Fsp3) is 0.333. The Bertz CT molecular complexity index is 1160. The number of esters is 1. The Morgan fingerprint density at radius 1 is 1.00 bits per heavy atom. The molecule has 3 amide bonds. The third-order valence-corrected chi connectivity index (χ3v) is 8.64. The molecular formula is C24H19BrCl2N2O5. The maximum atomic E-state index is 13.2. The molecule has 0 unspecified atom stereocenters. The van der Waals surface area contributed by atoms with Crippen molar-refractivity contribution in [2.45, 2.75) is 17.2 Å². The summed E-state index contributed by atoms with van der Waals surface area (Å²) in [5.74, 6) is -3.07. The topological polar surface area (TPSA) is 92.8 Å². The quantitative estimate of drug-likeness (QED) is 0.333. The van der Waals surface area contributed by atoms with Crippen molar-refractivity contribution in [3.05, 3.63) is 58.6 Å². The number of imide groups is 1. The zero-order valence-corrected chi connectivity index (χ0v) is 20.7. The highest BCUT2D eigenvalue weighted by molar-refractivity contribution is 9.10. The minimum atomic E-state index is -0.742. The number of carbonyl (C=O) groups is 4. The highest BCUT2D eigenvalue weighted by atomic mass is 79.9. The number of carbonyl (C=O) groups excluding carboxylic acids is 4. The molecule has 0 aromatic heterocycles. The molecule has 2 aliphatic carbocycles. The number of hydrogen-bond acceptors (Lipinski definition) is 5. The van der Waals surface area contributed by atoms with Gasteiger partial charge >= 0.3 is 5.97 Å². The number of nitrogens with one attached hydrogen (secondary N) is 1. The minimum absolute atomic E-state index is 0.125. The third kappa shape index (κ3) is 3.91. The summed E-state index contributed by atoms with van der Waals surface area (Å²) < 4.78 is 5.99. The lowest BCUT2D eigenvalue weighted by Gasteiger charge is -2.28. The molecule has 0 radical (unpaired) electrons. The first kappa shape index (κ1) is 23.3. The van der Waals surface area contributed by atoms with Crippen LogP contribution in [0.5, 0.6) is 0 Å². The van der Waals surface area contributed by atoms with Crippen LogP contribution in [0.2, 0.25) is 0 Å². The molecule has 2 bridgehead atoms. The Morgan fingerprint density at radius 2 is 1.62 bits per heavy atom. The second-order valence-corrected chi connectivity index (χ2v) is 10.6. The predicted molar refractivity (Wildman–Crippen MR) is 130 cm³/mol. The molecule has 176 valence electrons. The van der Waals surface area contributed by atoms with E-state index in [2.05, 4.69) is 21.2 Å². The van der Waals surface area contributed by atoms with Gasteiger partial charge in [-0.05, 0) is 60.7 Å². The molecular weight excluding hydrogens is 547 g/mol. The molecule has 34 heavy (non-hydrogen) atoms. The van der Waals surface area contributed by atoms with Gasteiger partial charge in [0.1, 0.15) is 0 Å². The number of ether oxygens (including phenoxy) is 1. The molecule has 2 aromatic rings. The van der Waals surface area contributed by atoms with E-state index < -0.39 is 30.3 Å². The molecule has 1 aliphatic heterocycles. The van der Waals surface area contributed by atoms with Crippen molar-refractivity contribution in [1.29, 1.82) is 0 Å². The summed E-state index contributed by atoms with van der Waals surface area (Å²) in [7, 11) is 0. The summed E-state index contributed by atoms with van der Waals surface area (Å²) >= 11 is 16.1. The molecule has 10 heteroatoms. The van der Waals surface area contributed by atoms with E-state index in [-0.39, 0.29) is 45.7 Å². The third-order valence-electron chi connectivity index (χ3n) is 6.79. The van der Waals surface area contributed by atoms with E-state index in [9.17, 15) is 19.2 Å². The van der Waals surface area contributed by atoms with Gasteiger partial charge in [-0.25, -0.2) is 4.79 Å². The first-order chi connectivity index (χ1) is 16.3. The second kappa shape index (κ2) is 8.98. The lowest BCUT2D eigenvalue weighted by molar-refractivity contribution is -0.123. The Labute approximate surface area is 213 Å². The first-order valence-corrected chi connectivity index (χ1v) is 12.4. The van der Waals surface area contributed by atoms with Crippen LogP contribution in [-0.2, 0) is 19.1 Å². The van der Waals surface area contributed by atoms with Crippen molar-refractivity contribution >= 4 is 74.2 Å². The van der Waals surface area contributed by atoms with E-state index in [0.717, 1.165) is 9.37 Å². The summed E-state index contributed by atoms with van der Waals surface area (Å²) in [6.45, 7) is -0.484. The zero-order chi connectivity index (χ0) is 24.1. The molecule has 2 saturated carbocycles. The fourth-order valence-corrected chi connectivity index (χ4v) is 6.48. The molecule has 1 N–H and O–H groups in total. The molecule has 7 nitrogen and oxygen atoms in total. The van der Waals surface area contributed by atoms with Crippen molar-refractivity contribution in [2.24, 2.45) is 23.7 Å². The highest BCUT2D eigenvalue weighted by Crippen LogP contribution is 2.59. The standard InChI is InChI=1S/C24H19BrCl2N2O5/c25-12-4-6-13(7-5-12)28-17(30)10-34-24(33)11-2-1-3-14(8-11)29-22(31)18-15-9-16(19(18)23(29)32)21(27)20(15)26/h1-8,15-16,18-21H,9-10H2,(H,28,30)/t15-,16-,18-,19+,20+,21+/m1/s1. The number of halogens is 3. The van der Waals surface area contributed by atoms with E-state index in [0.29, 0.717) is 12.1 Å². The number of alkyl halides is 2. The van der Waals surface area contributed by atoms with Gasteiger partial charge in [-0.1, -0.05) is 22.0 Å². The van der Waals surface area contributed by atoms with Gasteiger partial charge in [-0.15, -0.1) is 23.2 Å². The number of anilines is 2. The van der Waals surface area contributed by atoms with Gasteiger partial charge in [0.25, 0.3) is 5.91 Å². The van der Waals surface area contributed by atoms with Crippen molar-refractivity contribution < 1.29 is 23.9 Å². The zero-order valence-electron chi connectivity index (χ0n) is 17.6. The van der Waals surface area contributed by atoms with Crippen LogP contribution >= 0.6 is 39.1 Å². The van der Waals surface area contributed by atoms with Crippen molar-refractivity contribution in [1.82, 2.24) is 0 Å². The Kier molecular flexibility index (Phi) is 6.16. The molecule has 3 fully saturated rings. The maximum absolute atomic E-state index is 13.2. The Hall–Kier alpha value is -2.42. The second-order valence-electron chi connectivity index (χ2n) is 8.70. The highest BCUT2D eigenvalue weighted by Gasteiger charge is 2.66. The molecule has 2 aromatic carbocycles. The summed E-state index contributed by atoms with van der Waals surface area (Å²) in [6.07, 6.45) is 0.678. The van der Waals surface area contributed by atoms with Crippen LogP contribution in [0.4, 0.5) is 11.4 Å². The van der Waals surface area contributed by atoms with E-state index >= 15 is 0 Å². The molecule has 3 aliphatic rings. The largest absolute Gasteiger partial charge is 0.452 e. The lowest BCUT2D eigenvalue weighted by atomic mass is 9.80. The van der Waals surface area contributed by atoms with Crippen molar-refractivity contribution in [3.8, 4) is 0 Å². The van der Waals surface area contributed by atoms with E-state index in [1.807, 2.05) is 0 Å². The number of rotatable bonds is 5. The fourth-order valence-electron chi connectivity index (χ4n) is 5.32. The minimum Gasteiger partial charge on any atom is -0.452 e. The van der Waals surface area contributed by atoms with Gasteiger partial charge in [0, 0.05) is 10.2 Å². The van der Waals surface area contributed by atoms with Crippen LogP contribution in [0.1, 0.15) is 16.8 Å². The van der Waals surface area contributed by atoms with Crippen molar-refractivity contribution in [2.75, 3.05) is 16.8 Å². The van der Waals surface area contributed by atoms with Crippen LogP contribution in [0.3, 0.4) is 0 Å². The normalized spacial score (nSPS) is 29.3. The molecule has 5 rings (SSSR count). The van der Waals surface area contributed by atoms with Gasteiger partial charge in [-0.2, -0.15) is 0 Å². The van der Waals surface area contributed by atoms with Gasteiger partial charge < -0.3 is 10.1 Å². The van der Waals surface area contributed by atoms with Gasteiger partial charge in [0.15, 0.2) is 6.61 Å². The number of benzene rings is 2. The monoisotopic (exact) mass is 564 g/mol. The number of amides is 3. The van der Waals surface area contributed by atoms with Crippen LogP contribution in [0.25, 0.3) is 0 Å². The summed E-state index contributed by atoms with van der Waals surface area (Å²) in [6, 6.07) is 13.0. The van der Waals surface area contributed by atoms with Gasteiger partial charge in [0.05, 0.1) is 33.8 Å². The number of fused-ring (bicyclic) bond motifs is 5. The smallest absolute Gasteiger partial charge is 0.338 e. The van der Waals surface area contributed by atoms with Crippen LogP contribution in [0, 0.1) is 23.7 Å². The first-order valence-electron chi connectivity index (χ1n) is 10.7. The van der Waals surface area contributed by atoms with Crippen molar-refractivity contribution in [3.63, 3.8) is 0 Å². The summed E-state index contributed by atoms with van der Waals surface area (Å²) in [5.41, 5.74) is 0.977. The van der Waals surface area contributed by atoms with Crippen LogP contribution in [-0.4, -0.2) is 41.1 Å². The van der Waals surface area contributed by atoms with Gasteiger partial charge in [0.2, 0.25) is 11.8 Å². The van der Waals surface area contributed by atoms with E-state index in [1.54, 1.807) is 36.4 Å². The SMILES string of the molecule is O=C(COC(=O)c1cccc(N2C(=O)[C@@H]3[C@H]4C[C@@H]([C@H](Cl)[C@H]4Cl)[C@@H]3C2=O)c1)Nc1ccc(Br)cc1. The van der Waals surface area contributed by atoms with E-state index in [4.69, 9.17) is 27.9 Å². The number of hydrogen-bond donors (Lipinski definition) is 1. The molecule has 1 heterocycles. The predicted octanol–water partition coefficient (Wildman–Crippen LogP) is 4.21. The average molecular weight is 566 g/mol. The van der Waals surface area contributed by atoms with Gasteiger partial charge in [-0.3, -0.25) is 19.3 Å². The van der Waals surface area contributed by atoms with Crippen LogP contribution in [0.15, 0.2) is 53.0 Å². The molecule has 6 atom stereocenters. The van der Waals surface area contributed by atoms with E-state index in [1.165, 1.54) is 12.1 Å². The maximum Gasteiger partial charge on any atom is 0.338 e. The lowest BCUT2D eigenvalue weighted by Crippen LogP contribution is -2.37.